The second-order valence-electron chi connectivity index (χ2n) is 4.87. The summed E-state index contributed by atoms with van der Waals surface area (Å²) in [4.78, 5) is 12.0. The minimum Gasteiger partial charge on any atom is -0.497 e. The average molecular weight is 357 g/mol. The number of hydrogen-bond donors (Lipinski definition) is 2. The Morgan fingerprint density at radius 3 is 2.88 bits per heavy atom. The summed E-state index contributed by atoms with van der Waals surface area (Å²) in [5.41, 5.74) is 5.05. The quantitative estimate of drug-likeness (QED) is 0.540. The first-order valence-electron chi connectivity index (χ1n) is 7.24. The zero-order chi connectivity index (χ0) is 17.6. The predicted octanol–water partition coefficient (Wildman–Crippen LogP) is 2.86. The highest BCUT2D eigenvalue weighted by molar-refractivity contribution is 7.00. The van der Waals surface area contributed by atoms with Crippen molar-refractivity contribution in [2.45, 2.75) is 0 Å². The average Bonchev–Trinajstić information content (AvgIpc) is 3.11. The first-order chi connectivity index (χ1) is 12.2. The van der Waals surface area contributed by atoms with Crippen LogP contribution in [0.25, 0.3) is 11.0 Å². The monoisotopic (exact) mass is 357 g/mol. The molecule has 2 amide bonds. The van der Waals surface area contributed by atoms with Gasteiger partial charge in [-0.25, -0.2) is 10.2 Å². The molecule has 3 aromatic rings. The summed E-state index contributed by atoms with van der Waals surface area (Å²) in [6.07, 6.45) is 1.49. The number of hydrazone groups is 1. The van der Waals surface area contributed by atoms with Crippen LogP contribution >= 0.6 is 11.7 Å². The van der Waals surface area contributed by atoms with Crippen LogP contribution in [0.5, 0.6) is 11.5 Å². The first-order valence-corrected chi connectivity index (χ1v) is 7.97. The molecule has 0 aliphatic carbocycles. The number of anilines is 1. The molecule has 0 bridgehead atoms. The molecule has 0 aliphatic heterocycles. The van der Waals surface area contributed by atoms with E-state index >= 15 is 0 Å². The van der Waals surface area contributed by atoms with Gasteiger partial charge in [-0.05, 0) is 24.3 Å². The fourth-order valence-electron chi connectivity index (χ4n) is 2.14. The van der Waals surface area contributed by atoms with E-state index in [1.165, 1.54) is 6.21 Å². The standard InChI is InChI=1S/C16H15N5O3S/c1-23-11-7-6-10(14(8-11)24-2)9-17-19-16(22)18-12-4-3-5-13-15(12)21-25-20-13/h3-9H,1-2H3,(H2,18,19,22)/b17-9-. The number of aromatic nitrogens is 2. The van der Waals surface area contributed by atoms with Crippen LogP contribution in [0.15, 0.2) is 41.5 Å². The van der Waals surface area contributed by atoms with E-state index in [1.54, 1.807) is 44.6 Å². The molecule has 0 atom stereocenters. The van der Waals surface area contributed by atoms with Gasteiger partial charge in [-0.3, -0.25) is 0 Å². The lowest BCUT2D eigenvalue weighted by Crippen LogP contribution is -2.24. The van der Waals surface area contributed by atoms with E-state index in [4.69, 9.17) is 9.47 Å². The molecule has 0 spiro atoms. The SMILES string of the molecule is COc1ccc(/C=N\NC(=O)Nc2cccc3nsnc23)c(OC)c1. The molecule has 0 saturated carbocycles. The van der Waals surface area contributed by atoms with E-state index < -0.39 is 6.03 Å². The number of amides is 2. The first kappa shape index (κ1) is 16.7. The van der Waals surface area contributed by atoms with Crippen LogP contribution in [0.2, 0.25) is 0 Å². The number of nitrogens with one attached hydrogen (secondary N) is 2. The molecule has 0 saturated heterocycles. The number of ether oxygens (including phenoxy) is 2. The van der Waals surface area contributed by atoms with E-state index in [1.807, 2.05) is 6.07 Å². The predicted molar refractivity (Wildman–Crippen MR) is 96.7 cm³/mol. The summed E-state index contributed by atoms with van der Waals surface area (Å²) in [5, 5.41) is 6.62. The van der Waals surface area contributed by atoms with Gasteiger partial charge >= 0.3 is 6.03 Å². The molecule has 2 N–H and O–H groups in total. The van der Waals surface area contributed by atoms with E-state index in [9.17, 15) is 4.79 Å². The lowest BCUT2D eigenvalue weighted by atomic mass is 10.2. The maximum absolute atomic E-state index is 12.0. The Balaban J connectivity index is 1.66. The number of carbonyl (C=O) groups is 1. The van der Waals surface area contributed by atoms with Gasteiger partial charge in [-0.15, -0.1) is 0 Å². The number of carbonyl (C=O) groups excluding carboxylic acids is 1. The molecule has 0 unspecified atom stereocenters. The van der Waals surface area contributed by atoms with Gasteiger partial charge in [0, 0.05) is 11.6 Å². The fourth-order valence-corrected chi connectivity index (χ4v) is 2.69. The Hall–Kier alpha value is -3.20. The van der Waals surface area contributed by atoms with Crippen molar-refractivity contribution in [3.63, 3.8) is 0 Å². The number of urea groups is 1. The Labute approximate surface area is 147 Å². The molecule has 128 valence electrons. The third-order valence-corrected chi connectivity index (χ3v) is 3.89. The van der Waals surface area contributed by atoms with Crippen LogP contribution in [0.3, 0.4) is 0 Å². The van der Waals surface area contributed by atoms with Gasteiger partial charge in [0.25, 0.3) is 0 Å². The fraction of sp³-hybridized carbons (Fsp3) is 0.125. The molecule has 0 radical (unpaired) electrons. The van der Waals surface area contributed by atoms with Gasteiger partial charge < -0.3 is 14.8 Å². The van der Waals surface area contributed by atoms with Crippen LogP contribution in [0.4, 0.5) is 10.5 Å². The topological polar surface area (TPSA) is 97.7 Å². The summed E-state index contributed by atoms with van der Waals surface area (Å²) in [5.74, 6) is 1.26. The second-order valence-corrected chi connectivity index (χ2v) is 5.40. The molecule has 9 heteroatoms. The number of fused-ring (bicyclic) bond motifs is 1. The van der Waals surface area contributed by atoms with Gasteiger partial charge in [-0.2, -0.15) is 13.8 Å². The van der Waals surface area contributed by atoms with E-state index in [-0.39, 0.29) is 0 Å². The minimum atomic E-state index is -0.482. The molecule has 2 aromatic carbocycles. The van der Waals surface area contributed by atoms with Crippen LogP contribution < -0.4 is 20.2 Å². The van der Waals surface area contributed by atoms with Gasteiger partial charge in [0.05, 0.1) is 37.8 Å². The van der Waals surface area contributed by atoms with Crippen molar-refractivity contribution in [1.82, 2.24) is 14.2 Å². The Morgan fingerprint density at radius 1 is 1.20 bits per heavy atom. The van der Waals surface area contributed by atoms with Crippen LogP contribution in [0, 0.1) is 0 Å². The van der Waals surface area contributed by atoms with Gasteiger partial charge in [0.1, 0.15) is 22.5 Å². The van der Waals surface area contributed by atoms with Crippen molar-refractivity contribution in [2.24, 2.45) is 5.10 Å². The van der Waals surface area contributed by atoms with Crippen molar-refractivity contribution in [3.05, 3.63) is 42.0 Å². The highest BCUT2D eigenvalue weighted by Gasteiger charge is 2.08. The van der Waals surface area contributed by atoms with Gasteiger partial charge in [-0.1, -0.05) is 6.07 Å². The smallest absolute Gasteiger partial charge is 0.339 e. The highest BCUT2D eigenvalue weighted by Crippen LogP contribution is 2.23. The Morgan fingerprint density at radius 2 is 2.08 bits per heavy atom. The van der Waals surface area contributed by atoms with Crippen LogP contribution in [0.1, 0.15) is 5.56 Å². The highest BCUT2D eigenvalue weighted by atomic mass is 32.1. The number of nitrogens with zero attached hydrogens (tertiary/aromatic N) is 3. The summed E-state index contributed by atoms with van der Waals surface area (Å²) < 4.78 is 18.7. The molecule has 3 rings (SSSR count). The molecular formula is C16H15N5O3S. The van der Waals surface area contributed by atoms with Crippen LogP contribution in [-0.4, -0.2) is 35.2 Å². The summed E-state index contributed by atoms with van der Waals surface area (Å²) in [6, 6.07) is 10.2. The third-order valence-electron chi connectivity index (χ3n) is 3.34. The molecule has 1 heterocycles. The number of methoxy groups -OCH3 is 2. The van der Waals surface area contributed by atoms with E-state index in [2.05, 4.69) is 24.6 Å². The lowest BCUT2D eigenvalue weighted by molar-refractivity contribution is 0.252. The lowest BCUT2D eigenvalue weighted by Gasteiger charge is -2.07. The summed E-state index contributed by atoms with van der Waals surface area (Å²) >= 11 is 1.09. The molecule has 25 heavy (non-hydrogen) atoms. The summed E-state index contributed by atoms with van der Waals surface area (Å²) in [6.45, 7) is 0. The van der Waals surface area contributed by atoms with E-state index in [0.29, 0.717) is 28.3 Å². The molecule has 0 fully saturated rings. The second kappa shape index (κ2) is 7.58. The van der Waals surface area contributed by atoms with E-state index in [0.717, 1.165) is 17.2 Å². The van der Waals surface area contributed by atoms with Crippen LogP contribution in [-0.2, 0) is 0 Å². The largest absolute Gasteiger partial charge is 0.497 e. The molecular weight excluding hydrogens is 342 g/mol. The zero-order valence-electron chi connectivity index (χ0n) is 13.5. The van der Waals surface area contributed by atoms with Gasteiger partial charge in [0.15, 0.2) is 0 Å². The third kappa shape index (κ3) is 3.83. The van der Waals surface area contributed by atoms with Gasteiger partial charge in [0.2, 0.25) is 0 Å². The molecule has 0 aliphatic rings. The van der Waals surface area contributed by atoms with Crippen molar-refractivity contribution in [2.75, 3.05) is 19.5 Å². The van der Waals surface area contributed by atoms with Crippen molar-refractivity contribution >= 4 is 40.7 Å². The summed E-state index contributed by atoms with van der Waals surface area (Å²) in [7, 11) is 3.13. The van der Waals surface area contributed by atoms with Crippen molar-refractivity contribution in [3.8, 4) is 11.5 Å². The molecule has 1 aromatic heterocycles. The maximum Gasteiger partial charge on any atom is 0.339 e. The number of hydrogen-bond acceptors (Lipinski definition) is 7. The number of benzene rings is 2. The molecule has 8 nitrogen and oxygen atoms in total. The normalized spacial score (nSPS) is 10.8. The maximum atomic E-state index is 12.0. The Kier molecular flexibility index (Phi) is 5.05. The number of rotatable bonds is 5. The minimum absolute atomic E-state index is 0.482. The zero-order valence-corrected chi connectivity index (χ0v) is 14.3. The van der Waals surface area contributed by atoms with Crippen molar-refractivity contribution in [1.29, 1.82) is 0 Å². The van der Waals surface area contributed by atoms with Crippen molar-refractivity contribution < 1.29 is 14.3 Å². The Bertz CT molecular complexity index is 925.